The molecule has 5 rings (SSSR count). The van der Waals surface area contributed by atoms with E-state index in [-0.39, 0.29) is 18.0 Å². The lowest BCUT2D eigenvalue weighted by Crippen LogP contribution is -2.58. The Hall–Kier alpha value is 0.210. The molecule has 4 aliphatic carbocycles. The molecule has 0 amide bonds. The predicted octanol–water partition coefficient (Wildman–Crippen LogP) is 2.99. The number of nitrogens with one attached hydrogen (secondary N) is 1. The molecule has 1 saturated heterocycles. The highest BCUT2D eigenvalue weighted by atomic mass is 35.5. The van der Waals surface area contributed by atoms with Crippen molar-refractivity contribution in [3.63, 3.8) is 0 Å². The second-order valence-corrected chi connectivity index (χ2v) is 7.69. The van der Waals surface area contributed by atoms with Gasteiger partial charge in [-0.15, -0.1) is 12.4 Å². The van der Waals surface area contributed by atoms with Crippen molar-refractivity contribution in [2.75, 3.05) is 13.1 Å². The van der Waals surface area contributed by atoms with Gasteiger partial charge < -0.3 is 10.4 Å². The van der Waals surface area contributed by atoms with E-state index < -0.39 is 0 Å². The number of halogens is 1. The third-order valence-corrected chi connectivity index (χ3v) is 6.63. The molecule has 2 nitrogen and oxygen atoms in total. The summed E-state index contributed by atoms with van der Waals surface area (Å²) in [5, 5.41) is 14.8. The molecule has 0 aromatic heterocycles. The Balaban J connectivity index is 0.00000110. The van der Waals surface area contributed by atoms with E-state index in [9.17, 15) is 5.11 Å². The number of hydrogen-bond donors (Lipinski definition) is 2. The molecule has 0 atom stereocenters. The van der Waals surface area contributed by atoms with Crippen LogP contribution >= 0.6 is 12.4 Å². The summed E-state index contributed by atoms with van der Waals surface area (Å²) in [5.74, 6) is 4.04. The van der Waals surface area contributed by atoms with Crippen molar-refractivity contribution in [1.29, 1.82) is 0 Å². The van der Waals surface area contributed by atoms with Crippen LogP contribution in [0.15, 0.2) is 0 Å². The average molecular weight is 286 g/mol. The Morgan fingerprint density at radius 2 is 1.42 bits per heavy atom. The fourth-order valence-electron chi connectivity index (χ4n) is 5.88. The number of aliphatic hydroxyl groups is 1. The standard InChI is InChI=1S/C16H27NO.ClH/c18-16(10-11-1-3-17-4-2-11)14-6-12-5-13(8-14)9-15(16)7-12;/h11-15,17-18H,1-10H2;1H. The maximum Gasteiger partial charge on any atom is 0.0706 e. The molecule has 0 radical (unpaired) electrons. The van der Waals surface area contributed by atoms with E-state index in [0.29, 0.717) is 11.8 Å². The van der Waals surface area contributed by atoms with Gasteiger partial charge in [-0.05, 0) is 94.0 Å². The first-order chi connectivity index (χ1) is 8.74. The van der Waals surface area contributed by atoms with E-state index in [4.69, 9.17) is 0 Å². The van der Waals surface area contributed by atoms with Crippen LogP contribution in [0.3, 0.4) is 0 Å². The molecule has 0 unspecified atom stereocenters. The van der Waals surface area contributed by atoms with E-state index in [1.54, 1.807) is 0 Å². The molecule has 19 heavy (non-hydrogen) atoms. The Bertz CT molecular complexity index is 299. The van der Waals surface area contributed by atoms with Crippen molar-refractivity contribution in [3.8, 4) is 0 Å². The summed E-state index contributed by atoms with van der Waals surface area (Å²) in [6.45, 7) is 2.34. The molecule has 5 aliphatic rings. The highest BCUT2D eigenvalue weighted by molar-refractivity contribution is 5.85. The molecule has 1 heterocycles. The van der Waals surface area contributed by atoms with Gasteiger partial charge in [-0.3, -0.25) is 0 Å². The highest BCUT2D eigenvalue weighted by Gasteiger charge is 2.56. The molecular formula is C16H28ClNO. The molecule has 1 aliphatic heterocycles. The molecule has 5 fully saturated rings. The minimum absolute atomic E-state index is 0. The molecule has 3 heteroatoms. The van der Waals surface area contributed by atoms with Crippen LogP contribution in [0.4, 0.5) is 0 Å². The summed E-state index contributed by atoms with van der Waals surface area (Å²) in [6.07, 6.45) is 10.5. The first kappa shape index (κ1) is 14.2. The van der Waals surface area contributed by atoms with Gasteiger partial charge in [0.25, 0.3) is 0 Å². The van der Waals surface area contributed by atoms with E-state index in [1.807, 2.05) is 0 Å². The van der Waals surface area contributed by atoms with Crippen LogP contribution in [0, 0.1) is 29.6 Å². The lowest BCUT2D eigenvalue weighted by Gasteiger charge is -2.59. The van der Waals surface area contributed by atoms with Gasteiger partial charge >= 0.3 is 0 Å². The molecule has 2 N–H and O–H groups in total. The first-order valence-corrected chi connectivity index (χ1v) is 8.17. The molecule has 4 saturated carbocycles. The summed E-state index contributed by atoms with van der Waals surface area (Å²) in [4.78, 5) is 0. The number of piperidine rings is 1. The van der Waals surface area contributed by atoms with Gasteiger partial charge in [-0.1, -0.05) is 0 Å². The highest BCUT2D eigenvalue weighted by Crippen LogP contribution is 2.60. The fourth-order valence-corrected chi connectivity index (χ4v) is 5.88. The first-order valence-electron chi connectivity index (χ1n) is 8.17. The zero-order valence-electron chi connectivity index (χ0n) is 11.8. The van der Waals surface area contributed by atoms with Crippen molar-refractivity contribution >= 4 is 12.4 Å². The SMILES string of the molecule is Cl.OC1(CC2CCNCC2)C2CC3CC(C2)CC1C3. The van der Waals surface area contributed by atoms with Crippen molar-refractivity contribution < 1.29 is 5.11 Å². The van der Waals surface area contributed by atoms with Crippen LogP contribution in [0.2, 0.25) is 0 Å². The minimum Gasteiger partial charge on any atom is -0.389 e. The molecule has 4 bridgehead atoms. The topological polar surface area (TPSA) is 32.3 Å². The van der Waals surface area contributed by atoms with E-state index in [2.05, 4.69) is 5.32 Å². The van der Waals surface area contributed by atoms with Crippen LogP contribution in [0.5, 0.6) is 0 Å². The second-order valence-electron chi connectivity index (χ2n) is 7.69. The molecule has 0 aromatic carbocycles. The fraction of sp³-hybridized carbons (Fsp3) is 1.00. The molecule has 0 spiro atoms. The van der Waals surface area contributed by atoms with Gasteiger partial charge in [0.1, 0.15) is 0 Å². The Morgan fingerprint density at radius 3 is 1.95 bits per heavy atom. The lowest BCUT2D eigenvalue weighted by atomic mass is 9.48. The summed E-state index contributed by atoms with van der Waals surface area (Å²) >= 11 is 0. The second kappa shape index (κ2) is 5.20. The molecular weight excluding hydrogens is 258 g/mol. The van der Waals surface area contributed by atoms with Crippen molar-refractivity contribution in [1.82, 2.24) is 5.32 Å². The van der Waals surface area contributed by atoms with Crippen LogP contribution in [0.25, 0.3) is 0 Å². The average Bonchev–Trinajstić information content (AvgIpc) is 2.37. The third kappa shape index (κ3) is 2.34. The maximum absolute atomic E-state index is 11.3. The van der Waals surface area contributed by atoms with E-state index >= 15 is 0 Å². The summed E-state index contributed by atoms with van der Waals surface area (Å²) in [6, 6.07) is 0. The zero-order chi connectivity index (χ0) is 12.2. The van der Waals surface area contributed by atoms with Gasteiger partial charge in [-0.2, -0.15) is 0 Å². The van der Waals surface area contributed by atoms with Gasteiger partial charge in [-0.25, -0.2) is 0 Å². The van der Waals surface area contributed by atoms with Crippen molar-refractivity contribution in [2.24, 2.45) is 29.6 Å². The number of rotatable bonds is 2. The third-order valence-electron chi connectivity index (χ3n) is 6.63. The van der Waals surface area contributed by atoms with Crippen LogP contribution in [0.1, 0.15) is 51.4 Å². The lowest BCUT2D eigenvalue weighted by molar-refractivity contribution is -0.183. The zero-order valence-corrected chi connectivity index (χ0v) is 12.6. The number of hydrogen-bond acceptors (Lipinski definition) is 2. The van der Waals surface area contributed by atoms with Crippen LogP contribution in [-0.2, 0) is 0 Å². The predicted molar refractivity (Wildman–Crippen MR) is 79.5 cm³/mol. The van der Waals surface area contributed by atoms with E-state index in [1.165, 1.54) is 58.0 Å². The summed E-state index contributed by atoms with van der Waals surface area (Å²) in [5.41, 5.74) is -0.268. The molecule has 110 valence electrons. The normalized spacial score (nSPS) is 49.1. The van der Waals surface area contributed by atoms with E-state index in [0.717, 1.165) is 24.2 Å². The van der Waals surface area contributed by atoms with Gasteiger partial charge in [0.15, 0.2) is 0 Å². The van der Waals surface area contributed by atoms with Gasteiger partial charge in [0.2, 0.25) is 0 Å². The van der Waals surface area contributed by atoms with Crippen LogP contribution in [-0.4, -0.2) is 23.8 Å². The minimum atomic E-state index is -0.268. The van der Waals surface area contributed by atoms with Crippen molar-refractivity contribution in [3.05, 3.63) is 0 Å². The van der Waals surface area contributed by atoms with Crippen LogP contribution < -0.4 is 5.32 Å². The Morgan fingerprint density at radius 1 is 0.895 bits per heavy atom. The smallest absolute Gasteiger partial charge is 0.0706 e. The Labute approximate surface area is 123 Å². The monoisotopic (exact) mass is 285 g/mol. The largest absolute Gasteiger partial charge is 0.389 e. The summed E-state index contributed by atoms with van der Waals surface area (Å²) in [7, 11) is 0. The Kier molecular flexibility index (Phi) is 3.87. The van der Waals surface area contributed by atoms with Gasteiger partial charge in [0, 0.05) is 0 Å². The summed E-state index contributed by atoms with van der Waals surface area (Å²) < 4.78 is 0. The molecule has 0 aromatic rings. The quantitative estimate of drug-likeness (QED) is 0.817. The maximum atomic E-state index is 11.3. The van der Waals surface area contributed by atoms with Gasteiger partial charge in [0.05, 0.1) is 5.60 Å². The van der Waals surface area contributed by atoms with Crippen molar-refractivity contribution in [2.45, 2.75) is 57.0 Å².